The summed E-state index contributed by atoms with van der Waals surface area (Å²) in [5, 5.41) is 3.49. The summed E-state index contributed by atoms with van der Waals surface area (Å²) in [6.07, 6.45) is 1.03. The van der Waals surface area contributed by atoms with E-state index in [4.69, 9.17) is 19.4 Å². The Morgan fingerprint density at radius 3 is 2.31 bits per heavy atom. The van der Waals surface area contributed by atoms with E-state index >= 15 is 0 Å². The third-order valence-corrected chi connectivity index (χ3v) is 5.86. The van der Waals surface area contributed by atoms with Crippen molar-refractivity contribution in [3.63, 3.8) is 0 Å². The van der Waals surface area contributed by atoms with Gasteiger partial charge < -0.3 is 14.6 Å². The summed E-state index contributed by atoms with van der Waals surface area (Å²) in [7, 11) is 0. The smallest absolute Gasteiger partial charge is 0.250 e. The van der Waals surface area contributed by atoms with E-state index in [1.165, 1.54) is 5.56 Å². The first-order valence-corrected chi connectivity index (χ1v) is 11.5. The Hall–Kier alpha value is -2.99. The molecule has 2 aromatic heterocycles. The molecule has 0 unspecified atom stereocenters. The van der Waals surface area contributed by atoms with Crippen LogP contribution in [0.15, 0.2) is 46.9 Å². The average Bonchev–Trinajstić information content (AvgIpc) is 3.21. The van der Waals surface area contributed by atoms with E-state index in [0.717, 1.165) is 54.7 Å². The van der Waals surface area contributed by atoms with Gasteiger partial charge in [0.15, 0.2) is 17.1 Å². The zero-order chi connectivity index (χ0) is 22.7. The summed E-state index contributed by atoms with van der Waals surface area (Å²) in [5.41, 5.74) is 5.21. The number of anilines is 1. The number of hydrogen-bond donors (Lipinski definition) is 1. The minimum Gasteiger partial charge on any atom is -0.435 e. The van der Waals surface area contributed by atoms with Crippen molar-refractivity contribution in [3.05, 3.63) is 48.0 Å². The maximum absolute atomic E-state index is 6.13. The molecule has 0 fully saturated rings. The van der Waals surface area contributed by atoms with Crippen LogP contribution in [-0.2, 0) is 5.41 Å². The summed E-state index contributed by atoms with van der Waals surface area (Å²) in [6, 6.07) is 14.1. The molecule has 4 aromatic rings. The number of aromatic nitrogens is 3. The molecule has 0 saturated carbocycles. The Bertz CT molecular complexity index is 1200. The quantitative estimate of drug-likeness (QED) is 0.351. The van der Waals surface area contributed by atoms with Gasteiger partial charge >= 0.3 is 0 Å². The minimum absolute atomic E-state index is 0.0492. The van der Waals surface area contributed by atoms with Gasteiger partial charge in [0.05, 0.1) is 11.0 Å². The molecule has 0 aliphatic carbocycles. The minimum atomic E-state index is 0.0492. The zero-order valence-corrected chi connectivity index (χ0v) is 19.8. The number of oxazole rings is 1. The summed E-state index contributed by atoms with van der Waals surface area (Å²) in [6.45, 7) is 15.0. The molecule has 4 rings (SSSR count). The molecule has 0 aliphatic heterocycles. The largest absolute Gasteiger partial charge is 0.435 e. The van der Waals surface area contributed by atoms with Crippen molar-refractivity contribution in [2.45, 2.75) is 46.5 Å². The van der Waals surface area contributed by atoms with Crippen LogP contribution >= 0.6 is 0 Å². The monoisotopic (exact) mass is 431 g/mol. The average molecular weight is 432 g/mol. The fourth-order valence-corrected chi connectivity index (χ4v) is 3.82. The van der Waals surface area contributed by atoms with Gasteiger partial charge in [0.25, 0.3) is 0 Å². The first-order valence-electron chi connectivity index (χ1n) is 11.5. The molecule has 0 bridgehead atoms. The third kappa shape index (κ3) is 4.75. The maximum Gasteiger partial charge on any atom is 0.250 e. The summed E-state index contributed by atoms with van der Waals surface area (Å²) in [5.74, 6) is 1.21. The molecular formula is C26H33N5O. The van der Waals surface area contributed by atoms with Crippen molar-refractivity contribution in [1.82, 2.24) is 19.9 Å². The molecule has 0 saturated heterocycles. The highest BCUT2D eigenvalue weighted by Crippen LogP contribution is 2.31. The summed E-state index contributed by atoms with van der Waals surface area (Å²) >= 11 is 0. The van der Waals surface area contributed by atoms with Crippen molar-refractivity contribution in [3.8, 4) is 11.6 Å². The summed E-state index contributed by atoms with van der Waals surface area (Å²) in [4.78, 5) is 16.9. The molecule has 0 amide bonds. The van der Waals surface area contributed by atoms with Gasteiger partial charge in [0, 0.05) is 6.54 Å². The lowest BCUT2D eigenvalue weighted by atomic mass is 9.87. The van der Waals surface area contributed by atoms with Crippen molar-refractivity contribution in [2.75, 3.05) is 31.5 Å². The molecule has 2 aromatic carbocycles. The van der Waals surface area contributed by atoms with Crippen molar-refractivity contribution in [1.29, 1.82) is 0 Å². The highest BCUT2D eigenvalue weighted by molar-refractivity contribution is 5.83. The molecule has 0 radical (unpaired) electrons. The Balaban J connectivity index is 1.68. The highest BCUT2D eigenvalue weighted by Gasteiger charge is 2.19. The highest BCUT2D eigenvalue weighted by atomic mass is 16.3. The van der Waals surface area contributed by atoms with Gasteiger partial charge in [-0.1, -0.05) is 52.8 Å². The van der Waals surface area contributed by atoms with Crippen LogP contribution in [0.2, 0.25) is 0 Å². The molecule has 2 heterocycles. The predicted octanol–water partition coefficient (Wildman–Crippen LogP) is 5.88. The van der Waals surface area contributed by atoms with E-state index in [1.54, 1.807) is 0 Å². The van der Waals surface area contributed by atoms with Gasteiger partial charge in [-0.2, -0.15) is 0 Å². The lowest BCUT2D eigenvalue weighted by molar-refractivity contribution is 0.303. The third-order valence-electron chi connectivity index (χ3n) is 5.86. The van der Waals surface area contributed by atoms with Gasteiger partial charge in [-0.25, -0.2) is 15.0 Å². The topological polar surface area (TPSA) is 67.1 Å². The Morgan fingerprint density at radius 1 is 0.906 bits per heavy atom. The van der Waals surface area contributed by atoms with Gasteiger partial charge in [-0.3, -0.25) is 0 Å². The van der Waals surface area contributed by atoms with Crippen molar-refractivity contribution in [2.24, 2.45) is 0 Å². The molecule has 1 N–H and O–H groups in total. The van der Waals surface area contributed by atoms with Crippen molar-refractivity contribution < 1.29 is 4.42 Å². The number of fused-ring (bicyclic) bond motifs is 2. The van der Waals surface area contributed by atoms with E-state index in [1.807, 2.05) is 30.3 Å². The maximum atomic E-state index is 6.13. The Morgan fingerprint density at radius 2 is 1.62 bits per heavy atom. The first-order chi connectivity index (χ1) is 15.4. The van der Waals surface area contributed by atoms with Crippen LogP contribution in [0, 0.1) is 0 Å². The van der Waals surface area contributed by atoms with Crippen LogP contribution in [-0.4, -0.2) is 46.0 Å². The lowest BCUT2D eigenvalue weighted by Gasteiger charge is -2.18. The van der Waals surface area contributed by atoms with Crippen LogP contribution in [0.1, 0.15) is 46.6 Å². The van der Waals surface area contributed by atoms with E-state index in [9.17, 15) is 0 Å². The first kappa shape index (κ1) is 22.2. The second kappa shape index (κ2) is 9.25. The molecule has 168 valence electrons. The fraction of sp³-hybridized carbons (Fsp3) is 0.423. The molecule has 0 spiro atoms. The van der Waals surface area contributed by atoms with Gasteiger partial charge in [0.2, 0.25) is 5.89 Å². The molecule has 0 aliphatic rings. The second-order valence-corrected chi connectivity index (χ2v) is 9.17. The van der Waals surface area contributed by atoms with E-state index in [2.05, 4.69) is 57.0 Å². The lowest BCUT2D eigenvalue weighted by Crippen LogP contribution is -2.25. The normalized spacial score (nSPS) is 12.2. The van der Waals surface area contributed by atoms with Crippen LogP contribution in [0.5, 0.6) is 0 Å². The van der Waals surface area contributed by atoms with Crippen LogP contribution in [0.4, 0.5) is 5.82 Å². The molecule has 0 atom stereocenters. The standard InChI is InChI=1S/C26H33N5O/c1-6-31(7-2)16-10-15-27-24-23(28-19-11-8-9-12-20(19)29-24)25-30-21-17-18(26(3,4)5)13-14-22(21)32-25/h8-9,11-14,17H,6-7,10,15-16H2,1-5H3,(H,27,29). The number of benzene rings is 2. The molecular weight excluding hydrogens is 398 g/mol. The van der Waals surface area contributed by atoms with Crippen LogP contribution in [0.25, 0.3) is 33.7 Å². The van der Waals surface area contributed by atoms with Crippen LogP contribution in [0.3, 0.4) is 0 Å². The van der Waals surface area contributed by atoms with Gasteiger partial charge in [0.1, 0.15) is 5.52 Å². The number of nitrogens with zero attached hydrogens (tertiary/aromatic N) is 4. The SMILES string of the molecule is CCN(CC)CCCNc1nc2ccccc2nc1-c1nc2cc(C(C)(C)C)ccc2o1. The number of hydrogen-bond acceptors (Lipinski definition) is 6. The fourth-order valence-electron chi connectivity index (χ4n) is 3.82. The van der Waals surface area contributed by atoms with Crippen LogP contribution < -0.4 is 5.32 Å². The predicted molar refractivity (Wildman–Crippen MR) is 132 cm³/mol. The van der Waals surface area contributed by atoms with E-state index in [-0.39, 0.29) is 5.41 Å². The van der Waals surface area contributed by atoms with Crippen molar-refractivity contribution >= 4 is 28.0 Å². The molecule has 6 nitrogen and oxygen atoms in total. The Labute approximate surface area is 190 Å². The summed E-state index contributed by atoms with van der Waals surface area (Å²) < 4.78 is 6.13. The van der Waals surface area contributed by atoms with E-state index < -0.39 is 0 Å². The Kier molecular flexibility index (Phi) is 6.42. The second-order valence-electron chi connectivity index (χ2n) is 9.17. The molecule has 32 heavy (non-hydrogen) atoms. The van der Waals surface area contributed by atoms with Gasteiger partial charge in [-0.05, 0) is 61.3 Å². The number of rotatable bonds is 8. The molecule has 6 heteroatoms. The number of para-hydroxylation sites is 2. The number of nitrogens with one attached hydrogen (secondary N) is 1. The van der Waals surface area contributed by atoms with E-state index in [0.29, 0.717) is 17.4 Å². The zero-order valence-electron chi connectivity index (χ0n) is 19.8. The van der Waals surface area contributed by atoms with Gasteiger partial charge in [-0.15, -0.1) is 0 Å².